The summed E-state index contributed by atoms with van der Waals surface area (Å²) in [4.78, 5) is 13.0. The zero-order chi connectivity index (χ0) is 12.5. The maximum Gasteiger partial charge on any atom is 0.422 e. The molecule has 6 heteroatoms. The molecule has 1 saturated heterocycles. The van der Waals surface area contributed by atoms with Crippen LogP contribution in [0.15, 0.2) is 0 Å². The molecular weight excluding hydrogens is 235 g/mol. The largest absolute Gasteiger partial charge is 0.440 e. The number of carbonyl (C=O) groups is 1. The lowest BCUT2D eigenvalue weighted by atomic mass is 9.85. The van der Waals surface area contributed by atoms with Gasteiger partial charge in [0.25, 0.3) is 0 Å². The van der Waals surface area contributed by atoms with Crippen molar-refractivity contribution in [1.29, 1.82) is 0 Å². The van der Waals surface area contributed by atoms with Crippen LogP contribution in [0.1, 0.15) is 32.1 Å². The number of ether oxygens (including phenoxy) is 1. The second-order valence-electron chi connectivity index (χ2n) is 4.76. The normalized spacial score (nSPS) is 29.0. The van der Waals surface area contributed by atoms with E-state index in [4.69, 9.17) is 0 Å². The van der Waals surface area contributed by atoms with E-state index in [1.165, 1.54) is 4.90 Å². The van der Waals surface area contributed by atoms with Crippen LogP contribution in [0.3, 0.4) is 0 Å². The molecule has 0 N–H and O–H groups in total. The fourth-order valence-corrected chi connectivity index (χ4v) is 2.86. The van der Waals surface area contributed by atoms with Gasteiger partial charge in [-0.15, -0.1) is 0 Å². The SMILES string of the molecule is O=C(OCC(F)(F)F)N1CCC2CCCCC21. The van der Waals surface area contributed by atoms with Gasteiger partial charge in [-0.25, -0.2) is 4.79 Å². The first-order chi connectivity index (χ1) is 7.97. The lowest BCUT2D eigenvalue weighted by Gasteiger charge is -2.31. The molecule has 98 valence electrons. The van der Waals surface area contributed by atoms with Gasteiger partial charge in [0.15, 0.2) is 6.61 Å². The Hall–Kier alpha value is -0.940. The molecule has 2 unspecified atom stereocenters. The summed E-state index contributed by atoms with van der Waals surface area (Å²) in [6, 6.07) is 0.101. The van der Waals surface area contributed by atoms with E-state index in [0.29, 0.717) is 12.5 Å². The zero-order valence-electron chi connectivity index (χ0n) is 9.50. The molecule has 2 rings (SSSR count). The molecule has 1 aliphatic carbocycles. The Labute approximate surface area is 97.9 Å². The standard InChI is InChI=1S/C11H16F3NO2/c12-11(13,14)7-17-10(16)15-6-5-8-3-1-2-4-9(8)15/h8-9H,1-7H2. The maximum absolute atomic E-state index is 11.9. The van der Waals surface area contributed by atoms with Gasteiger partial charge in [-0.2, -0.15) is 13.2 Å². The Morgan fingerprint density at radius 3 is 2.65 bits per heavy atom. The second-order valence-corrected chi connectivity index (χ2v) is 4.76. The molecule has 0 bridgehead atoms. The van der Waals surface area contributed by atoms with Gasteiger partial charge in [0, 0.05) is 12.6 Å². The molecule has 2 atom stereocenters. The molecule has 1 aliphatic heterocycles. The Bertz CT molecular complexity index is 293. The van der Waals surface area contributed by atoms with Crippen LogP contribution in [0.2, 0.25) is 0 Å². The third-order valence-corrected chi connectivity index (χ3v) is 3.60. The summed E-state index contributed by atoms with van der Waals surface area (Å²) in [5, 5.41) is 0. The lowest BCUT2D eigenvalue weighted by molar-refractivity contribution is -0.162. The minimum absolute atomic E-state index is 0.101. The molecule has 0 spiro atoms. The van der Waals surface area contributed by atoms with Crippen LogP contribution in [-0.4, -0.2) is 36.4 Å². The highest BCUT2D eigenvalue weighted by molar-refractivity contribution is 5.68. The molecule has 0 aromatic carbocycles. The molecule has 0 radical (unpaired) electrons. The highest BCUT2D eigenvalue weighted by Gasteiger charge is 2.40. The summed E-state index contributed by atoms with van der Waals surface area (Å²) in [5.74, 6) is 0.460. The van der Waals surface area contributed by atoms with E-state index < -0.39 is 18.9 Å². The summed E-state index contributed by atoms with van der Waals surface area (Å²) in [5.41, 5.74) is 0. The topological polar surface area (TPSA) is 29.5 Å². The summed E-state index contributed by atoms with van der Waals surface area (Å²) in [6.07, 6.45) is -0.180. The molecular formula is C11H16F3NO2. The van der Waals surface area contributed by atoms with Crippen LogP contribution in [0.5, 0.6) is 0 Å². The van der Waals surface area contributed by atoms with E-state index in [0.717, 1.165) is 32.1 Å². The number of nitrogens with zero attached hydrogens (tertiary/aromatic N) is 1. The molecule has 0 aromatic rings. The zero-order valence-corrected chi connectivity index (χ0v) is 9.50. The van der Waals surface area contributed by atoms with E-state index in [1.54, 1.807) is 0 Å². The monoisotopic (exact) mass is 251 g/mol. The van der Waals surface area contributed by atoms with Crippen molar-refractivity contribution < 1.29 is 22.7 Å². The van der Waals surface area contributed by atoms with Crippen molar-refractivity contribution >= 4 is 6.09 Å². The maximum atomic E-state index is 11.9. The first-order valence-electron chi connectivity index (χ1n) is 5.97. The average Bonchev–Trinajstić information content (AvgIpc) is 2.68. The van der Waals surface area contributed by atoms with Gasteiger partial charge in [0.1, 0.15) is 0 Å². The minimum atomic E-state index is -4.44. The summed E-state index contributed by atoms with van der Waals surface area (Å²) < 4.78 is 40.1. The number of fused-ring (bicyclic) bond motifs is 1. The molecule has 1 heterocycles. The number of rotatable bonds is 1. The van der Waals surface area contributed by atoms with Crippen LogP contribution in [-0.2, 0) is 4.74 Å². The predicted molar refractivity (Wildman–Crippen MR) is 54.5 cm³/mol. The first kappa shape index (κ1) is 12.5. The van der Waals surface area contributed by atoms with E-state index in [-0.39, 0.29) is 6.04 Å². The van der Waals surface area contributed by atoms with Gasteiger partial charge in [0.2, 0.25) is 0 Å². The number of alkyl halides is 3. The number of likely N-dealkylation sites (tertiary alicyclic amines) is 1. The van der Waals surface area contributed by atoms with Gasteiger partial charge in [0.05, 0.1) is 0 Å². The molecule has 1 saturated carbocycles. The number of halogens is 3. The van der Waals surface area contributed by atoms with E-state index in [1.807, 2.05) is 0 Å². The number of amides is 1. The number of carbonyl (C=O) groups excluding carboxylic acids is 1. The third kappa shape index (κ3) is 3.04. The highest BCUT2D eigenvalue weighted by Crippen LogP contribution is 2.36. The molecule has 2 fully saturated rings. The van der Waals surface area contributed by atoms with Crippen LogP contribution >= 0.6 is 0 Å². The third-order valence-electron chi connectivity index (χ3n) is 3.60. The fraction of sp³-hybridized carbons (Fsp3) is 0.909. The van der Waals surface area contributed by atoms with E-state index >= 15 is 0 Å². The van der Waals surface area contributed by atoms with Gasteiger partial charge in [-0.1, -0.05) is 12.8 Å². The minimum Gasteiger partial charge on any atom is -0.440 e. The Morgan fingerprint density at radius 1 is 1.24 bits per heavy atom. The summed E-state index contributed by atoms with van der Waals surface area (Å²) in [7, 11) is 0. The van der Waals surface area contributed by atoms with Gasteiger partial charge >= 0.3 is 12.3 Å². The van der Waals surface area contributed by atoms with Crippen molar-refractivity contribution in [3.8, 4) is 0 Å². The quantitative estimate of drug-likeness (QED) is 0.717. The van der Waals surface area contributed by atoms with Crippen LogP contribution in [0.4, 0.5) is 18.0 Å². The van der Waals surface area contributed by atoms with Crippen molar-refractivity contribution in [2.75, 3.05) is 13.2 Å². The Morgan fingerprint density at radius 2 is 1.94 bits per heavy atom. The van der Waals surface area contributed by atoms with Crippen molar-refractivity contribution in [2.45, 2.75) is 44.3 Å². The highest BCUT2D eigenvalue weighted by atomic mass is 19.4. The molecule has 2 aliphatic rings. The Kier molecular flexibility index (Phi) is 3.49. The molecule has 1 amide bonds. The summed E-state index contributed by atoms with van der Waals surface area (Å²) >= 11 is 0. The van der Waals surface area contributed by atoms with Crippen LogP contribution in [0, 0.1) is 5.92 Å². The van der Waals surface area contributed by atoms with Crippen LogP contribution in [0.25, 0.3) is 0 Å². The second kappa shape index (κ2) is 4.74. The fourth-order valence-electron chi connectivity index (χ4n) is 2.86. The van der Waals surface area contributed by atoms with E-state index in [2.05, 4.69) is 4.74 Å². The average molecular weight is 251 g/mol. The predicted octanol–water partition coefficient (Wildman–Crippen LogP) is 2.95. The molecule has 0 aromatic heterocycles. The van der Waals surface area contributed by atoms with Crippen molar-refractivity contribution in [2.24, 2.45) is 5.92 Å². The molecule has 3 nitrogen and oxygen atoms in total. The van der Waals surface area contributed by atoms with Crippen LogP contribution < -0.4 is 0 Å². The van der Waals surface area contributed by atoms with Crippen molar-refractivity contribution in [3.05, 3.63) is 0 Å². The first-order valence-corrected chi connectivity index (χ1v) is 5.97. The van der Waals surface area contributed by atoms with Crippen molar-refractivity contribution in [3.63, 3.8) is 0 Å². The van der Waals surface area contributed by atoms with E-state index in [9.17, 15) is 18.0 Å². The smallest absolute Gasteiger partial charge is 0.422 e. The van der Waals surface area contributed by atoms with Gasteiger partial charge in [-0.3, -0.25) is 0 Å². The summed E-state index contributed by atoms with van der Waals surface area (Å²) in [6.45, 7) is -0.953. The number of hydrogen-bond acceptors (Lipinski definition) is 2. The van der Waals surface area contributed by atoms with Gasteiger partial charge < -0.3 is 9.64 Å². The van der Waals surface area contributed by atoms with Crippen molar-refractivity contribution in [1.82, 2.24) is 4.90 Å². The molecule has 17 heavy (non-hydrogen) atoms. The lowest BCUT2D eigenvalue weighted by Crippen LogP contribution is -2.40. The van der Waals surface area contributed by atoms with Gasteiger partial charge in [-0.05, 0) is 25.2 Å². The number of hydrogen-bond donors (Lipinski definition) is 0. The Balaban J connectivity index is 1.87.